The van der Waals surface area contributed by atoms with Crippen LogP contribution in [0.15, 0.2) is 0 Å². The summed E-state index contributed by atoms with van der Waals surface area (Å²) in [4.78, 5) is 24.1. The molecule has 1 saturated heterocycles. The Morgan fingerprint density at radius 1 is 1.33 bits per heavy atom. The number of rotatable bonds is 4. The fourth-order valence-corrected chi connectivity index (χ4v) is 2.23. The van der Waals surface area contributed by atoms with E-state index in [1.807, 2.05) is 4.90 Å². The van der Waals surface area contributed by atoms with Gasteiger partial charge in [0, 0.05) is 19.5 Å². The molecule has 1 aliphatic heterocycles. The van der Waals surface area contributed by atoms with Gasteiger partial charge in [-0.1, -0.05) is 0 Å². The largest absolute Gasteiger partial charge is 0.370 e. The van der Waals surface area contributed by atoms with E-state index >= 15 is 0 Å². The van der Waals surface area contributed by atoms with Gasteiger partial charge in [0.05, 0.1) is 6.04 Å². The van der Waals surface area contributed by atoms with E-state index < -0.39 is 11.9 Å². The lowest BCUT2D eigenvalue weighted by atomic mass is 10.1. The van der Waals surface area contributed by atoms with E-state index in [9.17, 15) is 9.59 Å². The molecule has 5 nitrogen and oxygen atoms in total. The Hall–Kier alpha value is -1.10. The first-order chi connectivity index (χ1) is 7.08. The SMILES string of the molecule is NC(=O)CC[C@H](N)C(=O)N1CC2CC2C1. The normalized spacial score (nSPS) is 29.8. The number of nitrogens with two attached hydrogens (primary N) is 2. The van der Waals surface area contributed by atoms with Crippen LogP contribution in [0, 0.1) is 11.8 Å². The molecule has 0 aromatic carbocycles. The second-order valence-electron chi connectivity index (χ2n) is 4.61. The van der Waals surface area contributed by atoms with Crippen LogP contribution in [0.1, 0.15) is 19.3 Å². The Balaban J connectivity index is 1.77. The zero-order valence-electron chi connectivity index (χ0n) is 8.69. The van der Waals surface area contributed by atoms with Gasteiger partial charge in [0.15, 0.2) is 0 Å². The summed E-state index contributed by atoms with van der Waals surface area (Å²) in [5, 5.41) is 0. The molecule has 2 rings (SSSR count). The van der Waals surface area contributed by atoms with Gasteiger partial charge in [-0.3, -0.25) is 9.59 Å². The molecule has 0 aromatic heterocycles. The molecule has 2 amide bonds. The number of carbonyl (C=O) groups is 2. The van der Waals surface area contributed by atoms with Crippen molar-refractivity contribution in [2.24, 2.45) is 23.3 Å². The Labute approximate surface area is 88.8 Å². The van der Waals surface area contributed by atoms with Crippen LogP contribution in [0.3, 0.4) is 0 Å². The predicted molar refractivity (Wildman–Crippen MR) is 54.6 cm³/mol. The number of likely N-dealkylation sites (tertiary alicyclic amines) is 1. The van der Waals surface area contributed by atoms with Gasteiger partial charge in [0.2, 0.25) is 11.8 Å². The first-order valence-electron chi connectivity index (χ1n) is 5.40. The molecule has 3 atom stereocenters. The van der Waals surface area contributed by atoms with Crippen LogP contribution in [0.2, 0.25) is 0 Å². The lowest BCUT2D eigenvalue weighted by Gasteiger charge is -2.21. The van der Waals surface area contributed by atoms with Crippen molar-refractivity contribution in [3.05, 3.63) is 0 Å². The molecule has 2 fully saturated rings. The number of piperidine rings is 1. The van der Waals surface area contributed by atoms with Crippen LogP contribution in [0.4, 0.5) is 0 Å². The highest BCUT2D eigenvalue weighted by atomic mass is 16.2. The van der Waals surface area contributed by atoms with Crippen LogP contribution in [0.25, 0.3) is 0 Å². The van der Waals surface area contributed by atoms with E-state index in [-0.39, 0.29) is 12.3 Å². The molecule has 0 radical (unpaired) electrons. The summed E-state index contributed by atoms with van der Waals surface area (Å²) < 4.78 is 0. The predicted octanol–water partition coefficient (Wildman–Crippen LogP) is -0.942. The number of carbonyl (C=O) groups excluding carboxylic acids is 2. The van der Waals surface area contributed by atoms with Crippen LogP contribution >= 0.6 is 0 Å². The number of primary amides is 1. The topological polar surface area (TPSA) is 89.4 Å². The Morgan fingerprint density at radius 3 is 2.47 bits per heavy atom. The summed E-state index contributed by atoms with van der Waals surface area (Å²) in [6, 6.07) is -0.560. The molecule has 0 spiro atoms. The number of fused-ring (bicyclic) bond motifs is 1. The van der Waals surface area contributed by atoms with Gasteiger partial charge >= 0.3 is 0 Å². The van der Waals surface area contributed by atoms with E-state index in [0.717, 1.165) is 24.9 Å². The summed E-state index contributed by atoms with van der Waals surface area (Å²) in [7, 11) is 0. The maximum absolute atomic E-state index is 11.8. The Kier molecular flexibility index (Phi) is 2.65. The third-order valence-corrected chi connectivity index (χ3v) is 3.31. The minimum Gasteiger partial charge on any atom is -0.370 e. The first-order valence-corrected chi connectivity index (χ1v) is 5.40. The van der Waals surface area contributed by atoms with Gasteiger partial charge in [-0.25, -0.2) is 0 Å². The molecular formula is C10H17N3O2. The standard InChI is InChI=1S/C10H17N3O2/c11-8(1-2-9(12)14)10(15)13-4-6-3-7(6)5-13/h6-8H,1-5,11H2,(H2,12,14)/t6?,7?,8-/m0/s1. The smallest absolute Gasteiger partial charge is 0.239 e. The zero-order valence-corrected chi connectivity index (χ0v) is 8.69. The lowest BCUT2D eigenvalue weighted by molar-refractivity contribution is -0.132. The average Bonchev–Trinajstić information content (AvgIpc) is 2.81. The number of nitrogens with zero attached hydrogens (tertiary/aromatic N) is 1. The van der Waals surface area contributed by atoms with Crippen molar-refractivity contribution >= 4 is 11.8 Å². The van der Waals surface area contributed by atoms with Gasteiger partial charge < -0.3 is 16.4 Å². The molecule has 84 valence electrons. The van der Waals surface area contributed by atoms with Gasteiger partial charge in [-0.05, 0) is 24.7 Å². The number of hydrogen-bond donors (Lipinski definition) is 2. The minimum atomic E-state index is -0.560. The minimum absolute atomic E-state index is 0.0246. The number of amides is 2. The van der Waals surface area contributed by atoms with E-state index in [2.05, 4.69) is 0 Å². The lowest BCUT2D eigenvalue weighted by Crippen LogP contribution is -2.43. The average molecular weight is 211 g/mol. The van der Waals surface area contributed by atoms with Crippen LogP contribution in [-0.4, -0.2) is 35.8 Å². The van der Waals surface area contributed by atoms with E-state index in [0.29, 0.717) is 6.42 Å². The van der Waals surface area contributed by atoms with E-state index in [4.69, 9.17) is 11.5 Å². The molecule has 15 heavy (non-hydrogen) atoms. The molecule has 1 saturated carbocycles. The van der Waals surface area contributed by atoms with Gasteiger partial charge in [-0.15, -0.1) is 0 Å². The Bertz CT molecular complexity index is 282. The van der Waals surface area contributed by atoms with Crippen molar-refractivity contribution in [1.82, 2.24) is 4.90 Å². The van der Waals surface area contributed by atoms with Crippen LogP contribution < -0.4 is 11.5 Å². The third kappa shape index (κ3) is 2.28. The van der Waals surface area contributed by atoms with Crippen LogP contribution in [-0.2, 0) is 9.59 Å². The van der Waals surface area contributed by atoms with Gasteiger partial charge in [0.1, 0.15) is 0 Å². The highest BCUT2D eigenvalue weighted by Crippen LogP contribution is 2.44. The zero-order chi connectivity index (χ0) is 11.0. The Morgan fingerprint density at radius 2 is 1.93 bits per heavy atom. The molecular weight excluding hydrogens is 194 g/mol. The van der Waals surface area contributed by atoms with Crippen molar-refractivity contribution in [1.29, 1.82) is 0 Å². The maximum atomic E-state index is 11.8. The molecule has 0 bridgehead atoms. The quantitative estimate of drug-likeness (QED) is 0.628. The molecule has 5 heteroatoms. The summed E-state index contributed by atoms with van der Waals surface area (Å²) in [5.41, 5.74) is 10.7. The summed E-state index contributed by atoms with van der Waals surface area (Å²) >= 11 is 0. The second kappa shape index (κ2) is 3.81. The fourth-order valence-electron chi connectivity index (χ4n) is 2.23. The monoisotopic (exact) mass is 211 g/mol. The van der Waals surface area contributed by atoms with Crippen LogP contribution in [0.5, 0.6) is 0 Å². The van der Waals surface area contributed by atoms with Crippen molar-refractivity contribution in [2.45, 2.75) is 25.3 Å². The van der Waals surface area contributed by atoms with Crippen molar-refractivity contribution in [3.63, 3.8) is 0 Å². The van der Waals surface area contributed by atoms with Gasteiger partial charge in [0.25, 0.3) is 0 Å². The van der Waals surface area contributed by atoms with Crippen molar-refractivity contribution < 1.29 is 9.59 Å². The molecule has 2 unspecified atom stereocenters. The van der Waals surface area contributed by atoms with E-state index in [1.54, 1.807) is 0 Å². The van der Waals surface area contributed by atoms with Crippen molar-refractivity contribution in [2.75, 3.05) is 13.1 Å². The fraction of sp³-hybridized carbons (Fsp3) is 0.800. The molecule has 2 aliphatic rings. The number of hydrogen-bond acceptors (Lipinski definition) is 3. The molecule has 0 aromatic rings. The highest BCUT2D eigenvalue weighted by molar-refractivity contribution is 5.83. The van der Waals surface area contributed by atoms with Gasteiger partial charge in [-0.2, -0.15) is 0 Å². The third-order valence-electron chi connectivity index (χ3n) is 3.31. The molecule has 4 N–H and O–H groups in total. The first kappa shape index (κ1) is 10.4. The summed E-state index contributed by atoms with van der Waals surface area (Å²) in [6.45, 7) is 1.71. The van der Waals surface area contributed by atoms with E-state index in [1.165, 1.54) is 6.42 Å². The second-order valence-corrected chi connectivity index (χ2v) is 4.61. The highest BCUT2D eigenvalue weighted by Gasteiger charge is 2.47. The van der Waals surface area contributed by atoms with Crippen molar-refractivity contribution in [3.8, 4) is 0 Å². The summed E-state index contributed by atoms with van der Waals surface area (Å²) in [6.07, 6.45) is 1.81. The summed E-state index contributed by atoms with van der Waals surface area (Å²) in [5.74, 6) is 1.01. The molecule has 1 aliphatic carbocycles. The maximum Gasteiger partial charge on any atom is 0.239 e. The molecule has 1 heterocycles.